The first-order chi connectivity index (χ1) is 11.3. The molecule has 1 aromatic carbocycles. The molecule has 3 aromatic rings. The summed E-state index contributed by atoms with van der Waals surface area (Å²) >= 11 is 1.66. The third-order valence-corrected chi connectivity index (χ3v) is 5.10. The second-order valence-corrected chi connectivity index (χ2v) is 6.82. The molecule has 4 rings (SSSR count). The van der Waals surface area contributed by atoms with E-state index in [1.165, 1.54) is 0 Å². The highest BCUT2D eigenvalue weighted by molar-refractivity contribution is 7.13. The smallest absolute Gasteiger partial charge is 0.172 e. The molecule has 5 heteroatoms. The Hall–Kier alpha value is -1.98. The Bertz CT molecular complexity index is 797. The van der Waals surface area contributed by atoms with Crippen molar-refractivity contribution in [1.29, 1.82) is 0 Å². The molecule has 0 unspecified atom stereocenters. The standard InChI is InChI=1S/C18H19N3OS/c1-12(15-8-4-10-22-15)19-17-13-6-2-3-7-14(13)20-18(21-17)16-9-5-11-23-16/h2-3,5-7,9,11-12,15H,4,8,10H2,1H3,(H,19,20,21)/t12-,15+/m0/s1. The van der Waals surface area contributed by atoms with E-state index in [1.807, 2.05) is 24.3 Å². The van der Waals surface area contributed by atoms with Gasteiger partial charge in [0, 0.05) is 12.0 Å². The molecule has 1 N–H and O–H groups in total. The van der Waals surface area contributed by atoms with E-state index in [0.717, 1.165) is 46.9 Å². The van der Waals surface area contributed by atoms with Gasteiger partial charge >= 0.3 is 0 Å². The van der Waals surface area contributed by atoms with Crippen LogP contribution >= 0.6 is 11.3 Å². The van der Waals surface area contributed by atoms with Gasteiger partial charge in [-0.25, -0.2) is 9.97 Å². The number of fused-ring (bicyclic) bond motifs is 1. The predicted octanol–water partition coefficient (Wildman–Crippen LogP) is 4.34. The van der Waals surface area contributed by atoms with E-state index in [4.69, 9.17) is 14.7 Å². The Balaban J connectivity index is 1.74. The van der Waals surface area contributed by atoms with Crippen LogP contribution in [0, 0.1) is 0 Å². The zero-order valence-electron chi connectivity index (χ0n) is 13.0. The molecule has 1 saturated heterocycles. The molecule has 0 bridgehead atoms. The highest BCUT2D eigenvalue weighted by Crippen LogP contribution is 2.28. The lowest BCUT2D eigenvalue weighted by Gasteiger charge is -2.21. The van der Waals surface area contributed by atoms with Crippen LogP contribution in [0.15, 0.2) is 41.8 Å². The first-order valence-corrected chi connectivity index (χ1v) is 8.88. The topological polar surface area (TPSA) is 47.0 Å². The Morgan fingerprint density at radius 3 is 2.91 bits per heavy atom. The van der Waals surface area contributed by atoms with Crippen LogP contribution in [-0.2, 0) is 4.74 Å². The normalized spacial score (nSPS) is 19.1. The summed E-state index contributed by atoms with van der Waals surface area (Å²) in [7, 11) is 0. The predicted molar refractivity (Wildman–Crippen MR) is 94.9 cm³/mol. The second-order valence-electron chi connectivity index (χ2n) is 5.87. The lowest BCUT2D eigenvalue weighted by molar-refractivity contribution is 0.0996. The van der Waals surface area contributed by atoms with E-state index in [0.29, 0.717) is 0 Å². The average molecular weight is 325 g/mol. The SMILES string of the molecule is C[C@H](Nc1nc(-c2cccs2)nc2ccccc12)[C@H]1CCCO1. The summed E-state index contributed by atoms with van der Waals surface area (Å²) in [5.74, 6) is 1.67. The number of nitrogens with one attached hydrogen (secondary N) is 1. The number of hydrogen-bond acceptors (Lipinski definition) is 5. The van der Waals surface area contributed by atoms with Crippen molar-refractivity contribution in [3.8, 4) is 10.7 Å². The van der Waals surface area contributed by atoms with E-state index in [2.05, 4.69) is 29.8 Å². The maximum absolute atomic E-state index is 5.80. The van der Waals surface area contributed by atoms with E-state index >= 15 is 0 Å². The number of nitrogens with zero attached hydrogens (tertiary/aromatic N) is 2. The maximum Gasteiger partial charge on any atom is 0.172 e. The van der Waals surface area contributed by atoms with Gasteiger partial charge < -0.3 is 10.1 Å². The summed E-state index contributed by atoms with van der Waals surface area (Å²) in [5, 5.41) is 6.66. The zero-order chi connectivity index (χ0) is 15.6. The van der Waals surface area contributed by atoms with Crippen molar-refractivity contribution >= 4 is 28.1 Å². The summed E-state index contributed by atoms with van der Waals surface area (Å²) in [6.07, 6.45) is 2.50. The molecule has 2 atom stereocenters. The Morgan fingerprint density at radius 2 is 2.13 bits per heavy atom. The van der Waals surface area contributed by atoms with Gasteiger partial charge in [-0.15, -0.1) is 11.3 Å². The second kappa shape index (κ2) is 6.26. The monoisotopic (exact) mass is 325 g/mol. The number of para-hydroxylation sites is 1. The molecule has 0 radical (unpaired) electrons. The van der Waals surface area contributed by atoms with Crippen LogP contribution in [0.2, 0.25) is 0 Å². The number of ether oxygens (including phenoxy) is 1. The van der Waals surface area contributed by atoms with Gasteiger partial charge in [-0.3, -0.25) is 0 Å². The molecule has 0 saturated carbocycles. The van der Waals surface area contributed by atoms with Crippen LogP contribution < -0.4 is 5.32 Å². The van der Waals surface area contributed by atoms with Gasteiger partial charge in [-0.05, 0) is 43.3 Å². The van der Waals surface area contributed by atoms with E-state index < -0.39 is 0 Å². The fourth-order valence-electron chi connectivity index (χ4n) is 3.01. The van der Waals surface area contributed by atoms with Crippen LogP contribution in [0.25, 0.3) is 21.6 Å². The summed E-state index contributed by atoms with van der Waals surface area (Å²) in [4.78, 5) is 10.6. The van der Waals surface area contributed by atoms with Crippen molar-refractivity contribution in [2.45, 2.75) is 31.9 Å². The van der Waals surface area contributed by atoms with Gasteiger partial charge in [0.25, 0.3) is 0 Å². The van der Waals surface area contributed by atoms with Crippen LogP contribution in [0.1, 0.15) is 19.8 Å². The van der Waals surface area contributed by atoms with Gasteiger partial charge in [0.2, 0.25) is 0 Å². The molecule has 0 amide bonds. The van der Waals surface area contributed by atoms with Crippen LogP contribution in [0.3, 0.4) is 0 Å². The fraction of sp³-hybridized carbons (Fsp3) is 0.333. The minimum absolute atomic E-state index is 0.229. The van der Waals surface area contributed by atoms with Crippen molar-refractivity contribution in [3.63, 3.8) is 0 Å². The van der Waals surface area contributed by atoms with Crippen molar-refractivity contribution in [2.75, 3.05) is 11.9 Å². The molecule has 3 heterocycles. The van der Waals surface area contributed by atoms with Crippen molar-refractivity contribution in [2.24, 2.45) is 0 Å². The van der Waals surface area contributed by atoms with E-state index in [9.17, 15) is 0 Å². The summed E-state index contributed by atoms with van der Waals surface area (Å²) < 4.78 is 5.80. The molecule has 1 aliphatic rings. The number of rotatable bonds is 4. The number of thiophene rings is 1. The zero-order valence-corrected chi connectivity index (χ0v) is 13.8. The molecular formula is C18H19N3OS. The molecule has 1 aliphatic heterocycles. The van der Waals surface area contributed by atoms with Gasteiger partial charge in [0.05, 0.1) is 22.5 Å². The molecule has 1 fully saturated rings. The third kappa shape index (κ3) is 2.94. The van der Waals surface area contributed by atoms with Gasteiger partial charge in [0.15, 0.2) is 5.82 Å². The number of benzene rings is 1. The largest absolute Gasteiger partial charge is 0.376 e. The van der Waals surface area contributed by atoms with Gasteiger partial charge in [0.1, 0.15) is 5.82 Å². The van der Waals surface area contributed by atoms with E-state index in [-0.39, 0.29) is 12.1 Å². The number of hydrogen-bond donors (Lipinski definition) is 1. The van der Waals surface area contributed by atoms with Crippen molar-refractivity contribution in [1.82, 2.24) is 9.97 Å². The van der Waals surface area contributed by atoms with Gasteiger partial charge in [-0.1, -0.05) is 18.2 Å². The molecular weight excluding hydrogens is 306 g/mol. The van der Waals surface area contributed by atoms with Crippen LogP contribution in [0.4, 0.5) is 5.82 Å². The number of anilines is 1. The van der Waals surface area contributed by atoms with Gasteiger partial charge in [-0.2, -0.15) is 0 Å². The number of aromatic nitrogens is 2. The highest BCUT2D eigenvalue weighted by Gasteiger charge is 2.23. The highest BCUT2D eigenvalue weighted by atomic mass is 32.1. The minimum Gasteiger partial charge on any atom is -0.376 e. The Morgan fingerprint density at radius 1 is 1.22 bits per heavy atom. The van der Waals surface area contributed by atoms with Crippen molar-refractivity contribution in [3.05, 3.63) is 41.8 Å². The summed E-state index contributed by atoms with van der Waals surface area (Å²) in [6, 6.07) is 12.5. The molecule has 0 aliphatic carbocycles. The van der Waals surface area contributed by atoms with Crippen molar-refractivity contribution < 1.29 is 4.74 Å². The molecule has 118 valence electrons. The Labute approximate surface area is 139 Å². The van der Waals surface area contributed by atoms with Crippen LogP contribution in [0.5, 0.6) is 0 Å². The Kier molecular flexibility index (Phi) is 3.97. The lowest BCUT2D eigenvalue weighted by Crippen LogP contribution is -2.30. The molecule has 0 spiro atoms. The summed E-state index contributed by atoms with van der Waals surface area (Å²) in [6.45, 7) is 3.03. The van der Waals surface area contributed by atoms with Crippen LogP contribution in [-0.4, -0.2) is 28.7 Å². The molecule has 2 aromatic heterocycles. The first kappa shape index (κ1) is 14.6. The maximum atomic E-state index is 5.80. The third-order valence-electron chi connectivity index (χ3n) is 4.23. The average Bonchev–Trinajstić information content (AvgIpc) is 3.28. The minimum atomic E-state index is 0.229. The quantitative estimate of drug-likeness (QED) is 0.775. The summed E-state index contributed by atoms with van der Waals surface area (Å²) in [5.41, 5.74) is 0.966. The first-order valence-electron chi connectivity index (χ1n) is 8.00. The molecule has 23 heavy (non-hydrogen) atoms. The fourth-order valence-corrected chi connectivity index (χ4v) is 3.67. The van der Waals surface area contributed by atoms with E-state index in [1.54, 1.807) is 11.3 Å². The molecule has 4 nitrogen and oxygen atoms in total. The lowest BCUT2D eigenvalue weighted by atomic mass is 10.1.